The molecule has 1 unspecified atom stereocenters. The predicted molar refractivity (Wildman–Crippen MR) is 198 cm³/mol. The fourth-order valence-corrected chi connectivity index (χ4v) is 9.27. The van der Waals surface area contributed by atoms with Gasteiger partial charge in [-0.3, -0.25) is 0 Å². The molecule has 0 amide bonds. The first kappa shape index (κ1) is 28.0. The maximum atomic E-state index is 6.88. The molecule has 0 radical (unpaired) electrons. The van der Waals surface area contributed by atoms with Crippen molar-refractivity contribution in [3.05, 3.63) is 156 Å². The monoisotopic (exact) mass is 648 g/mol. The van der Waals surface area contributed by atoms with Gasteiger partial charge in [-0.05, 0) is 95.1 Å². The summed E-state index contributed by atoms with van der Waals surface area (Å²) >= 11 is 0. The minimum absolute atomic E-state index is 0.0205. The number of ether oxygens (including phenoxy) is 1. The zero-order valence-electron chi connectivity index (χ0n) is 28.8. The Morgan fingerprint density at radius 1 is 0.680 bits per heavy atom. The first-order valence-electron chi connectivity index (χ1n) is 17.5. The molecule has 0 saturated heterocycles. The zero-order valence-corrected chi connectivity index (χ0v) is 28.8. The summed E-state index contributed by atoms with van der Waals surface area (Å²) in [5, 5.41) is 2.49. The minimum atomic E-state index is -0.709. The number of hydrogen-bond acceptors (Lipinski definition) is 1. The third-order valence-corrected chi connectivity index (χ3v) is 11.4. The van der Waals surface area contributed by atoms with E-state index in [0.29, 0.717) is 0 Å². The molecule has 5 nitrogen and oxygen atoms in total. The van der Waals surface area contributed by atoms with E-state index in [1.807, 2.05) is 0 Å². The lowest BCUT2D eigenvalue weighted by atomic mass is 9.83. The second-order valence-corrected chi connectivity index (χ2v) is 15.3. The van der Waals surface area contributed by atoms with Crippen molar-refractivity contribution in [2.24, 2.45) is 0 Å². The molecule has 50 heavy (non-hydrogen) atoms. The molecule has 0 aliphatic carbocycles. The van der Waals surface area contributed by atoms with Crippen molar-refractivity contribution in [3.63, 3.8) is 0 Å². The van der Waals surface area contributed by atoms with Gasteiger partial charge in [-0.25, -0.2) is 0 Å². The van der Waals surface area contributed by atoms with Crippen LogP contribution in [0.25, 0.3) is 55.6 Å². The lowest BCUT2D eigenvalue weighted by molar-refractivity contribution is -0.993. The quantitative estimate of drug-likeness (QED) is 0.172. The summed E-state index contributed by atoms with van der Waals surface area (Å²) < 4.78 is 16.7. The Morgan fingerprint density at radius 3 is 2.24 bits per heavy atom. The molecule has 6 heterocycles. The van der Waals surface area contributed by atoms with Crippen LogP contribution >= 0.6 is 0 Å². The van der Waals surface area contributed by atoms with E-state index in [0.717, 1.165) is 23.0 Å². The molecular formula is C45H36N4O+2. The highest BCUT2D eigenvalue weighted by Gasteiger charge is 2.68. The molecular weight excluding hydrogens is 613 g/mol. The van der Waals surface area contributed by atoms with E-state index in [2.05, 4.69) is 181 Å². The normalized spacial score (nSPS) is 16.3. The van der Waals surface area contributed by atoms with Gasteiger partial charge in [0.25, 0.3) is 5.82 Å². The fraction of sp³-hybridized carbons (Fsp3) is 0.156. The predicted octanol–water partition coefficient (Wildman–Crippen LogP) is 9.43. The van der Waals surface area contributed by atoms with E-state index in [9.17, 15) is 0 Å². The second kappa shape index (κ2) is 9.19. The van der Waals surface area contributed by atoms with E-state index in [1.165, 1.54) is 71.9 Å². The zero-order chi connectivity index (χ0) is 33.7. The van der Waals surface area contributed by atoms with Crippen LogP contribution in [0.15, 0.2) is 128 Å². The van der Waals surface area contributed by atoms with Crippen molar-refractivity contribution >= 4 is 21.8 Å². The summed E-state index contributed by atoms with van der Waals surface area (Å²) in [6.45, 7) is 11.4. The first-order chi connectivity index (χ1) is 24.2. The Morgan fingerprint density at radius 2 is 1.44 bits per heavy atom. The summed E-state index contributed by atoms with van der Waals surface area (Å²) in [6.07, 6.45) is 7.03. The number of hydrogen-bond donors (Lipinski definition) is 0. The number of nitrogens with zero attached hydrogens (tertiary/aromatic N) is 4. The molecule has 0 fully saturated rings. The maximum absolute atomic E-state index is 6.88. The Kier molecular flexibility index (Phi) is 5.14. The number of fused-ring (bicyclic) bond motifs is 7. The number of pyridine rings is 1. The van der Waals surface area contributed by atoms with Crippen molar-refractivity contribution in [3.8, 4) is 45.3 Å². The van der Waals surface area contributed by atoms with Crippen LogP contribution < -0.4 is 14.0 Å². The molecule has 1 spiro atoms. The molecule has 0 saturated carbocycles. The van der Waals surface area contributed by atoms with Crippen molar-refractivity contribution in [1.82, 2.24) is 9.25 Å². The Hall–Kier alpha value is -5.94. The topological polar surface area (TPSA) is 26.8 Å². The van der Waals surface area contributed by atoms with Gasteiger partial charge in [-0.1, -0.05) is 86.1 Å². The van der Waals surface area contributed by atoms with E-state index < -0.39 is 5.66 Å². The standard InChI is InChI=1S/C45H36N4O/c1-27-22-30(29-12-7-6-8-13-29)23-28(2)40(27)31-25-47-36-16-11-17-37-41(36)45(48(47)26-31)42-38(50-37)19-18-34-33-14-9-10-15-35(33)49(43(34)42)39-24-32(44(3,4)5)20-21-46(39)45/h6-26H,1-5H3/q+2. The molecule has 1 atom stereocenters. The van der Waals surface area contributed by atoms with Gasteiger partial charge in [-0.15, -0.1) is 4.68 Å². The highest BCUT2D eigenvalue weighted by molar-refractivity contribution is 6.11. The summed E-state index contributed by atoms with van der Waals surface area (Å²) in [7, 11) is 0. The largest absolute Gasteiger partial charge is 0.456 e. The number of rotatable bonds is 2. The van der Waals surface area contributed by atoms with Crippen LogP contribution in [-0.2, 0) is 11.1 Å². The van der Waals surface area contributed by atoms with Gasteiger partial charge in [0.1, 0.15) is 28.3 Å². The van der Waals surface area contributed by atoms with Gasteiger partial charge in [-0.2, -0.15) is 9.13 Å². The molecule has 0 bridgehead atoms. The van der Waals surface area contributed by atoms with Crippen LogP contribution in [0.2, 0.25) is 0 Å². The van der Waals surface area contributed by atoms with Crippen molar-refractivity contribution in [1.29, 1.82) is 0 Å². The fourth-order valence-electron chi connectivity index (χ4n) is 9.27. The van der Waals surface area contributed by atoms with E-state index in [4.69, 9.17) is 4.74 Å². The van der Waals surface area contributed by atoms with Gasteiger partial charge in [0, 0.05) is 16.8 Å². The number of para-hydroxylation sites is 1. The SMILES string of the molecule is Cc1cc(-c2ccccc2)cc(C)c1-c1cn2[n+](c1)C13c4c(cccc4-2)Oc2ccc4c5ccccc5n(c4c21)-c1cc(C(C)(C)C)cc[n+]13. The van der Waals surface area contributed by atoms with Crippen LogP contribution in [0.5, 0.6) is 11.5 Å². The van der Waals surface area contributed by atoms with Crippen molar-refractivity contribution < 1.29 is 14.0 Å². The average molecular weight is 649 g/mol. The molecule has 3 aromatic heterocycles. The molecule has 0 N–H and O–H groups in total. The lowest BCUT2D eigenvalue weighted by Gasteiger charge is -2.33. The summed E-state index contributed by atoms with van der Waals surface area (Å²) in [5.74, 6) is 2.95. The third kappa shape index (κ3) is 3.28. The van der Waals surface area contributed by atoms with Gasteiger partial charge < -0.3 is 4.74 Å². The van der Waals surface area contributed by atoms with E-state index in [-0.39, 0.29) is 5.41 Å². The van der Waals surface area contributed by atoms with Gasteiger partial charge in [0.05, 0.1) is 18.0 Å². The van der Waals surface area contributed by atoms with E-state index in [1.54, 1.807) is 0 Å². The Bertz CT molecular complexity index is 2770. The highest BCUT2D eigenvalue weighted by atomic mass is 16.5. The first-order valence-corrected chi connectivity index (χ1v) is 17.5. The minimum Gasteiger partial charge on any atom is -0.456 e. The molecule has 3 aliphatic rings. The highest BCUT2D eigenvalue weighted by Crippen LogP contribution is 2.55. The molecule has 240 valence electrons. The van der Waals surface area contributed by atoms with Crippen LogP contribution in [0.3, 0.4) is 0 Å². The second-order valence-electron chi connectivity index (χ2n) is 15.3. The summed E-state index contributed by atoms with van der Waals surface area (Å²) in [4.78, 5) is 0. The number of aromatic nitrogens is 4. The van der Waals surface area contributed by atoms with Crippen LogP contribution in [0.1, 0.15) is 48.6 Å². The van der Waals surface area contributed by atoms with Gasteiger partial charge in [0.15, 0.2) is 11.1 Å². The Balaban J connectivity index is 1.27. The summed E-state index contributed by atoms with van der Waals surface area (Å²) in [6, 6.07) is 39.8. The average Bonchev–Trinajstić information content (AvgIpc) is 3.77. The number of aryl methyl sites for hydroxylation is 2. The van der Waals surface area contributed by atoms with Crippen molar-refractivity contribution in [2.45, 2.75) is 45.7 Å². The molecule has 11 rings (SSSR count). The Labute approximate surface area is 290 Å². The molecule has 3 aliphatic heterocycles. The lowest BCUT2D eigenvalue weighted by Crippen LogP contribution is -2.76. The molecule has 5 heteroatoms. The molecule has 5 aromatic carbocycles. The van der Waals surface area contributed by atoms with Crippen molar-refractivity contribution in [2.75, 3.05) is 0 Å². The van der Waals surface area contributed by atoms with Crippen LogP contribution in [-0.4, -0.2) is 9.25 Å². The van der Waals surface area contributed by atoms with Gasteiger partial charge in [0.2, 0.25) is 6.20 Å². The van der Waals surface area contributed by atoms with Crippen LogP contribution in [0.4, 0.5) is 0 Å². The maximum Gasteiger partial charge on any atom is 0.397 e. The summed E-state index contributed by atoms with van der Waals surface area (Å²) in [5.41, 5.74) is 14.0. The third-order valence-electron chi connectivity index (χ3n) is 11.4. The van der Waals surface area contributed by atoms with E-state index >= 15 is 0 Å². The van der Waals surface area contributed by atoms with Crippen LogP contribution in [0, 0.1) is 13.8 Å². The smallest absolute Gasteiger partial charge is 0.397 e. The van der Waals surface area contributed by atoms with Gasteiger partial charge >= 0.3 is 5.66 Å². The number of benzene rings is 5. The molecule has 8 aromatic rings.